The van der Waals surface area contributed by atoms with Gasteiger partial charge in [0.15, 0.2) is 0 Å². The number of carbonyl (C=O) groups is 2. The summed E-state index contributed by atoms with van der Waals surface area (Å²) in [6, 6.07) is 23.5. The van der Waals surface area contributed by atoms with E-state index in [4.69, 9.17) is 0 Å². The second-order valence-electron chi connectivity index (χ2n) is 6.68. The van der Waals surface area contributed by atoms with Crippen LogP contribution < -0.4 is 0 Å². The van der Waals surface area contributed by atoms with Gasteiger partial charge < -0.3 is 0 Å². The Hall–Kier alpha value is -3.71. The van der Waals surface area contributed by atoms with Crippen molar-refractivity contribution in [3.05, 3.63) is 105 Å². The lowest BCUT2D eigenvalue weighted by molar-refractivity contribution is -0.384. The number of imide groups is 1. The van der Waals surface area contributed by atoms with Crippen LogP contribution in [0.4, 0.5) is 10.5 Å². The van der Waals surface area contributed by atoms with Gasteiger partial charge in [0, 0.05) is 12.1 Å². The average Bonchev–Trinajstić information content (AvgIpc) is 3.02. The zero-order valence-electron chi connectivity index (χ0n) is 15.7. The molecule has 4 rings (SSSR count). The zero-order valence-corrected chi connectivity index (χ0v) is 16.5. The van der Waals surface area contributed by atoms with Crippen molar-refractivity contribution in [2.24, 2.45) is 0 Å². The number of thioether (sulfide) groups is 1. The second kappa shape index (κ2) is 8.34. The molecule has 0 atom stereocenters. The molecule has 0 aromatic heterocycles. The number of non-ortho nitro benzene ring substituents is 1. The smallest absolute Gasteiger partial charge is 0.268 e. The average molecular weight is 416 g/mol. The molecule has 30 heavy (non-hydrogen) atoms. The quantitative estimate of drug-likeness (QED) is 0.312. The van der Waals surface area contributed by atoms with Crippen LogP contribution in [0.2, 0.25) is 0 Å². The zero-order chi connectivity index (χ0) is 21.1. The number of rotatable bonds is 5. The number of amides is 2. The summed E-state index contributed by atoms with van der Waals surface area (Å²) in [4.78, 5) is 36.8. The van der Waals surface area contributed by atoms with Gasteiger partial charge in [-0.1, -0.05) is 54.6 Å². The maximum Gasteiger partial charge on any atom is 0.293 e. The van der Waals surface area contributed by atoms with E-state index >= 15 is 0 Å². The second-order valence-corrected chi connectivity index (χ2v) is 7.67. The van der Waals surface area contributed by atoms with Crippen molar-refractivity contribution >= 4 is 34.7 Å². The minimum absolute atomic E-state index is 0.0285. The Kier molecular flexibility index (Phi) is 5.45. The molecular formula is C23H16N2O4S. The molecule has 1 saturated heterocycles. The van der Waals surface area contributed by atoms with Gasteiger partial charge in [0.2, 0.25) is 0 Å². The van der Waals surface area contributed by atoms with Gasteiger partial charge in [-0.25, -0.2) is 0 Å². The Morgan fingerprint density at radius 1 is 0.867 bits per heavy atom. The summed E-state index contributed by atoms with van der Waals surface area (Å²) < 4.78 is 0. The van der Waals surface area contributed by atoms with Crippen LogP contribution in [0.25, 0.3) is 17.2 Å². The van der Waals surface area contributed by atoms with E-state index in [1.165, 1.54) is 17.0 Å². The van der Waals surface area contributed by atoms with E-state index in [9.17, 15) is 19.7 Å². The van der Waals surface area contributed by atoms with Crippen LogP contribution in [0.3, 0.4) is 0 Å². The fraction of sp³-hybridized carbons (Fsp3) is 0.0435. The van der Waals surface area contributed by atoms with Crippen LogP contribution in [0.5, 0.6) is 0 Å². The summed E-state index contributed by atoms with van der Waals surface area (Å²) in [6.07, 6.45) is 1.58. The van der Waals surface area contributed by atoms with Crippen LogP contribution in [-0.2, 0) is 11.3 Å². The highest BCUT2D eigenvalue weighted by Crippen LogP contribution is 2.33. The van der Waals surface area contributed by atoms with Gasteiger partial charge >= 0.3 is 0 Å². The van der Waals surface area contributed by atoms with Gasteiger partial charge in [0.05, 0.1) is 16.4 Å². The first-order valence-corrected chi connectivity index (χ1v) is 9.97. The normalized spacial score (nSPS) is 15.1. The molecule has 1 aliphatic heterocycles. The van der Waals surface area contributed by atoms with E-state index in [0.717, 1.165) is 28.5 Å². The molecule has 1 aliphatic rings. The van der Waals surface area contributed by atoms with E-state index < -0.39 is 4.92 Å². The third-order valence-corrected chi connectivity index (χ3v) is 5.58. The molecule has 2 amide bonds. The van der Waals surface area contributed by atoms with Crippen LogP contribution in [0, 0.1) is 10.1 Å². The molecule has 0 bridgehead atoms. The maximum atomic E-state index is 12.7. The SMILES string of the molecule is O=C1SC(=Cc2ccc([N+](=O)[O-])cc2)C(=O)N1Cc1ccc(-c2ccccc2)cc1. The fourth-order valence-electron chi connectivity index (χ4n) is 3.10. The molecule has 6 nitrogen and oxygen atoms in total. The lowest BCUT2D eigenvalue weighted by Gasteiger charge is -2.13. The lowest BCUT2D eigenvalue weighted by atomic mass is 10.0. The standard InChI is InChI=1S/C23H16N2O4S/c26-22-21(14-16-8-12-20(13-9-16)25(28)29)30-23(27)24(22)15-17-6-10-19(11-7-17)18-4-2-1-3-5-18/h1-14H,15H2. The van der Waals surface area contributed by atoms with E-state index in [1.54, 1.807) is 18.2 Å². The van der Waals surface area contributed by atoms with Crippen molar-refractivity contribution in [2.45, 2.75) is 6.54 Å². The molecule has 148 valence electrons. The lowest BCUT2D eigenvalue weighted by Crippen LogP contribution is -2.27. The Balaban J connectivity index is 1.48. The number of nitro groups is 1. The summed E-state index contributed by atoms with van der Waals surface area (Å²) in [5, 5.41) is 10.4. The highest BCUT2D eigenvalue weighted by atomic mass is 32.2. The van der Waals surface area contributed by atoms with Gasteiger partial charge in [0.25, 0.3) is 16.8 Å². The molecule has 0 saturated carbocycles. The van der Waals surface area contributed by atoms with Crippen LogP contribution in [0.1, 0.15) is 11.1 Å². The Morgan fingerprint density at radius 2 is 1.50 bits per heavy atom. The first-order chi connectivity index (χ1) is 14.5. The van der Waals surface area contributed by atoms with Crippen molar-refractivity contribution in [3.8, 4) is 11.1 Å². The third kappa shape index (κ3) is 4.16. The Labute approximate surface area is 177 Å². The Bertz CT molecular complexity index is 1140. The predicted octanol–water partition coefficient (Wildman–Crippen LogP) is 5.50. The van der Waals surface area contributed by atoms with E-state index in [1.807, 2.05) is 54.6 Å². The molecule has 0 unspecified atom stereocenters. The minimum Gasteiger partial charge on any atom is -0.268 e. The summed E-state index contributed by atoms with van der Waals surface area (Å²) in [6.45, 7) is 0.192. The first kappa shape index (κ1) is 19.6. The van der Waals surface area contributed by atoms with E-state index in [2.05, 4.69) is 0 Å². The van der Waals surface area contributed by atoms with Crippen LogP contribution >= 0.6 is 11.8 Å². The van der Waals surface area contributed by atoms with Crippen molar-refractivity contribution in [3.63, 3.8) is 0 Å². The van der Waals surface area contributed by atoms with Gasteiger partial charge in [-0.2, -0.15) is 0 Å². The number of hydrogen-bond donors (Lipinski definition) is 0. The summed E-state index contributed by atoms with van der Waals surface area (Å²) in [5.41, 5.74) is 3.61. The largest absolute Gasteiger partial charge is 0.293 e. The van der Waals surface area contributed by atoms with Crippen molar-refractivity contribution in [1.82, 2.24) is 4.90 Å². The number of nitro benzene ring substituents is 1. The third-order valence-electron chi connectivity index (χ3n) is 4.68. The van der Waals surface area contributed by atoms with Gasteiger partial charge in [0.1, 0.15) is 0 Å². The molecule has 0 spiro atoms. The van der Waals surface area contributed by atoms with Crippen molar-refractivity contribution in [1.29, 1.82) is 0 Å². The van der Waals surface area contributed by atoms with Crippen molar-refractivity contribution < 1.29 is 14.5 Å². The van der Waals surface area contributed by atoms with Gasteiger partial charge in [-0.15, -0.1) is 0 Å². The molecule has 1 fully saturated rings. The summed E-state index contributed by atoms with van der Waals surface area (Å²) in [5.74, 6) is -0.365. The van der Waals surface area contributed by atoms with E-state index in [-0.39, 0.29) is 23.4 Å². The number of carbonyl (C=O) groups excluding carboxylic acids is 2. The van der Waals surface area contributed by atoms with Crippen molar-refractivity contribution in [2.75, 3.05) is 0 Å². The molecule has 3 aromatic rings. The topological polar surface area (TPSA) is 80.5 Å². The molecule has 0 aliphatic carbocycles. The Morgan fingerprint density at radius 3 is 2.13 bits per heavy atom. The number of hydrogen-bond acceptors (Lipinski definition) is 5. The monoisotopic (exact) mass is 416 g/mol. The van der Waals surface area contributed by atoms with Crippen LogP contribution in [-0.4, -0.2) is 21.0 Å². The number of nitrogens with zero attached hydrogens (tertiary/aromatic N) is 2. The van der Waals surface area contributed by atoms with Crippen LogP contribution in [0.15, 0.2) is 83.8 Å². The minimum atomic E-state index is -0.485. The molecular weight excluding hydrogens is 400 g/mol. The first-order valence-electron chi connectivity index (χ1n) is 9.15. The van der Waals surface area contributed by atoms with Gasteiger partial charge in [-0.3, -0.25) is 24.6 Å². The van der Waals surface area contributed by atoms with Gasteiger partial charge in [-0.05, 0) is 52.2 Å². The fourth-order valence-corrected chi connectivity index (χ4v) is 3.93. The predicted molar refractivity (Wildman–Crippen MR) is 116 cm³/mol. The summed E-state index contributed by atoms with van der Waals surface area (Å²) in [7, 11) is 0. The molecule has 0 radical (unpaired) electrons. The molecule has 0 N–H and O–H groups in total. The molecule has 1 heterocycles. The molecule has 3 aromatic carbocycles. The maximum absolute atomic E-state index is 12.7. The van der Waals surface area contributed by atoms with E-state index in [0.29, 0.717) is 10.5 Å². The highest BCUT2D eigenvalue weighted by molar-refractivity contribution is 8.18. The highest BCUT2D eigenvalue weighted by Gasteiger charge is 2.34. The summed E-state index contributed by atoms with van der Waals surface area (Å²) >= 11 is 0.871. The number of benzene rings is 3. The molecule has 7 heteroatoms.